The number of aryl methyl sites for hydroxylation is 1. The van der Waals surface area contributed by atoms with Crippen LogP contribution in [0.4, 0.5) is 0 Å². The topological polar surface area (TPSA) is 50.2 Å². The number of aromatic carboxylic acids is 1. The van der Waals surface area contributed by atoms with Gasteiger partial charge in [0.15, 0.2) is 0 Å². The first-order valence-electron chi connectivity index (χ1n) is 4.94. The summed E-state index contributed by atoms with van der Waals surface area (Å²) in [6.07, 6.45) is 1.38. The number of rotatable bonds is 2. The van der Waals surface area contributed by atoms with Gasteiger partial charge in [-0.1, -0.05) is 30.3 Å². The van der Waals surface area contributed by atoms with Crippen LogP contribution < -0.4 is 0 Å². The summed E-state index contributed by atoms with van der Waals surface area (Å²) in [6.45, 7) is 1.87. The van der Waals surface area contributed by atoms with Crippen LogP contribution in [0.15, 0.2) is 42.6 Å². The summed E-state index contributed by atoms with van der Waals surface area (Å²) in [5.74, 6) is -0.954. The highest BCUT2D eigenvalue weighted by molar-refractivity contribution is 5.89. The van der Waals surface area contributed by atoms with E-state index >= 15 is 0 Å². The summed E-state index contributed by atoms with van der Waals surface area (Å²) in [7, 11) is 0. The van der Waals surface area contributed by atoms with Gasteiger partial charge in [0.05, 0.1) is 5.56 Å². The van der Waals surface area contributed by atoms with Crippen molar-refractivity contribution in [3.63, 3.8) is 0 Å². The minimum Gasteiger partial charge on any atom is -0.478 e. The molecule has 3 heteroatoms. The molecule has 0 atom stereocenters. The molecule has 0 fully saturated rings. The highest BCUT2D eigenvalue weighted by Crippen LogP contribution is 2.22. The Hall–Kier alpha value is -2.16. The lowest BCUT2D eigenvalue weighted by molar-refractivity contribution is 0.0696. The fourth-order valence-corrected chi connectivity index (χ4v) is 1.56. The lowest BCUT2D eigenvalue weighted by atomic mass is 10.0. The molecule has 0 radical (unpaired) electrons. The van der Waals surface area contributed by atoms with Crippen molar-refractivity contribution >= 4 is 5.97 Å². The Morgan fingerprint density at radius 2 is 1.94 bits per heavy atom. The van der Waals surface area contributed by atoms with Crippen molar-refractivity contribution in [2.24, 2.45) is 0 Å². The SMILES string of the molecule is Cc1ncc(C(=O)O)cc1-c1ccccc1. The number of hydrogen-bond donors (Lipinski definition) is 1. The smallest absolute Gasteiger partial charge is 0.337 e. The number of carbonyl (C=O) groups is 1. The van der Waals surface area contributed by atoms with E-state index < -0.39 is 5.97 Å². The monoisotopic (exact) mass is 213 g/mol. The first-order chi connectivity index (χ1) is 7.68. The molecule has 80 valence electrons. The fourth-order valence-electron chi connectivity index (χ4n) is 1.56. The molecule has 0 aliphatic carbocycles. The van der Waals surface area contributed by atoms with E-state index in [1.165, 1.54) is 6.20 Å². The predicted octanol–water partition coefficient (Wildman–Crippen LogP) is 2.76. The second kappa shape index (κ2) is 4.14. The van der Waals surface area contributed by atoms with Crippen LogP contribution in [0.25, 0.3) is 11.1 Å². The maximum atomic E-state index is 10.9. The molecular formula is C13H11NO2. The molecule has 1 aromatic heterocycles. The van der Waals surface area contributed by atoms with Crippen LogP contribution in [0.5, 0.6) is 0 Å². The van der Waals surface area contributed by atoms with Gasteiger partial charge in [-0.25, -0.2) is 4.79 Å². The molecular weight excluding hydrogens is 202 g/mol. The number of carboxylic acid groups (broad SMARTS) is 1. The van der Waals surface area contributed by atoms with E-state index in [0.29, 0.717) is 0 Å². The summed E-state index contributed by atoms with van der Waals surface area (Å²) in [4.78, 5) is 15.0. The molecule has 1 heterocycles. The number of hydrogen-bond acceptors (Lipinski definition) is 2. The van der Waals surface area contributed by atoms with Crippen LogP contribution in [0.1, 0.15) is 16.1 Å². The zero-order chi connectivity index (χ0) is 11.5. The normalized spacial score (nSPS) is 10.1. The molecule has 0 spiro atoms. The Labute approximate surface area is 93.4 Å². The summed E-state index contributed by atoms with van der Waals surface area (Å²) in [5.41, 5.74) is 2.89. The fraction of sp³-hybridized carbons (Fsp3) is 0.0769. The second-order valence-corrected chi connectivity index (χ2v) is 3.53. The number of aromatic nitrogens is 1. The molecule has 0 saturated carbocycles. The Morgan fingerprint density at radius 3 is 2.56 bits per heavy atom. The summed E-state index contributed by atoms with van der Waals surface area (Å²) >= 11 is 0. The van der Waals surface area contributed by atoms with Crippen molar-refractivity contribution in [1.29, 1.82) is 0 Å². The number of pyridine rings is 1. The van der Waals surface area contributed by atoms with Crippen LogP contribution in [0.2, 0.25) is 0 Å². The van der Waals surface area contributed by atoms with Crippen molar-refractivity contribution < 1.29 is 9.90 Å². The highest BCUT2D eigenvalue weighted by atomic mass is 16.4. The average molecular weight is 213 g/mol. The van der Waals surface area contributed by atoms with Gasteiger partial charge in [-0.2, -0.15) is 0 Å². The van der Waals surface area contributed by atoms with E-state index in [2.05, 4.69) is 4.98 Å². The van der Waals surface area contributed by atoms with Crippen molar-refractivity contribution in [2.45, 2.75) is 6.92 Å². The number of benzene rings is 1. The Balaban J connectivity index is 2.56. The van der Waals surface area contributed by atoms with Crippen molar-refractivity contribution in [3.8, 4) is 11.1 Å². The third-order valence-electron chi connectivity index (χ3n) is 2.42. The van der Waals surface area contributed by atoms with Gasteiger partial charge >= 0.3 is 5.97 Å². The van der Waals surface area contributed by atoms with Crippen molar-refractivity contribution in [1.82, 2.24) is 4.98 Å². The molecule has 0 amide bonds. The first-order valence-corrected chi connectivity index (χ1v) is 4.94. The van der Waals surface area contributed by atoms with Gasteiger partial charge in [0.2, 0.25) is 0 Å². The van der Waals surface area contributed by atoms with E-state index in [4.69, 9.17) is 5.11 Å². The summed E-state index contributed by atoms with van der Waals surface area (Å²) in [6, 6.07) is 11.3. The molecule has 1 aromatic carbocycles. The molecule has 0 saturated heterocycles. The van der Waals surface area contributed by atoms with Crippen LogP contribution in [0, 0.1) is 6.92 Å². The second-order valence-electron chi connectivity index (χ2n) is 3.53. The first kappa shape index (κ1) is 10.4. The molecule has 16 heavy (non-hydrogen) atoms. The number of nitrogens with zero attached hydrogens (tertiary/aromatic N) is 1. The molecule has 0 aliphatic heterocycles. The van der Waals surface area contributed by atoms with Crippen molar-refractivity contribution in [2.75, 3.05) is 0 Å². The van der Waals surface area contributed by atoms with Crippen LogP contribution in [0.3, 0.4) is 0 Å². The maximum Gasteiger partial charge on any atom is 0.337 e. The Bertz CT molecular complexity index is 521. The summed E-state index contributed by atoms with van der Waals surface area (Å²) in [5, 5.41) is 8.91. The standard InChI is InChI=1S/C13H11NO2/c1-9-12(10-5-3-2-4-6-10)7-11(8-14-9)13(15)16/h2-8H,1H3,(H,15,16). The quantitative estimate of drug-likeness (QED) is 0.834. The molecule has 0 unspecified atom stereocenters. The molecule has 3 nitrogen and oxygen atoms in total. The lowest BCUT2D eigenvalue weighted by Crippen LogP contribution is -1.99. The van der Waals surface area contributed by atoms with E-state index in [1.807, 2.05) is 37.3 Å². The van der Waals surface area contributed by atoms with Crippen molar-refractivity contribution in [3.05, 3.63) is 53.9 Å². The largest absolute Gasteiger partial charge is 0.478 e. The minimum absolute atomic E-state index is 0.212. The zero-order valence-electron chi connectivity index (χ0n) is 8.84. The van der Waals surface area contributed by atoms with Gasteiger partial charge in [-0.3, -0.25) is 4.98 Å². The van der Waals surface area contributed by atoms with Gasteiger partial charge in [0.25, 0.3) is 0 Å². The van der Waals surface area contributed by atoms with Gasteiger partial charge in [-0.15, -0.1) is 0 Å². The van der Waals surface area contributed by atoms with Crippen LogP contribution in [-0.2, 0) is 0 Å². The zero-order valence-corrected chi connectivity index (χ0v) is 8.84. The van der Waals surface area contributed by atoms with Gasteiger partial charge in [0.1, 0.15) is 0 Å². The van der Waals surface area contributed by atoms with E-state index in [9.17, 15) is 4.79 Å². The Kier molecular flexibility index (Phi) is 2.68. The lowest BCUT2D eigenvalue weighted by Gasteiger charge is -2.06. The average Bonchev–Trinajstić information content (AvgIpc) is 2.30. The van der Waals surface area contributed by atoms with E-state index in [1.54, 1.807) is 6.07 Å². The van der Waals surface area contributed by atoms with E-state index in [-0.39, 0.29) is 5.56 Å². The third kappa shape index (κ3) is 1.93. The predicted molar refractivity (Wildman–Crippen MR) is 61.4 cm³/mol. The minimum atomic E-state index is -0.954. The van der Waals surface area contributed by atoms with Gasteiger partial charge < -0.3 is 5.11 Å². The molecule has 2 rings (SSSR count). The van der Waals surface area contributed by atoms with Crippen LogP contribution in [-0.4, -0.2) is 16.1 Å². The molecule has 1 N–H and O–H groups in total. The van der Waals surface area contributed by atoms with E-state index in [0.717, 1.165) is 16.8 Å². The molecule has 2 aromatic rings. The summed E-state index contributed by atoms with van der Waals surface area (Å²) < 4.78 is 0. The molecule has 0 aliphatic rings. The van der Waals surface area contributed by atoms with Crippen LogP contribution >= 0.6 is 0 Å². The molecule has 0 bridgehead atoms. The third-order valence-corrected chi connectivity index (χ3v) is 2.42. The van der Waals surface area contributed by atoms with Gasteiger partial charge in [-0.05, 0) is 18.6 Å². The number of carboxylic acids is 1. The highest BCUT2D eigenvalue weighted by Gasteiger charge is 2.08. The maximum absolute atomic E-state index is 10.9. The Morgan fingerprint density at radius 1 is 1.25 bits per heavy atom. The van der Waals surface area contributed by atoms with Gasteiger partial charge in [0, 0.05) is 17.5 Å².